The Morgan fingerprint density at radius 3 is 2.87 bits per heavy atom. The molecule has 1 atom stereocenters. The van der Waals surface area contributed by atoms with Crippen molar-refractivity contribution in [3.05, 3.63) is 29.3 Å². The third-order valence-corrected chi connectivity index (χ3v) is 5.12. The van der Waals surface area contributed by atoms with E-state index in [0.29, 0.717) is 23.0 Å². The number of carbonyl (C=O) groups is 2. The molecule has 0 saturated carbocycles. The smallest absolute Gasteiger partial charge is 0.534 e. The quantitative estimate of drug-likeness (QED) is 0.539. The Kier molecular flexibility index (Phi) is 4.79. The Morgan fingerprint density at radius 1 is 1.43 bits per heavy atom. The molecule has 7 nitrogen and oxygen atoms in total. The van der Waals surface area contributed by atoms with Gasteiger partial charge in [0.2, 0.25) is 5.91 Å². The van der Waals surface area contributed by atoms with Crippen LogP contribution in [0.4, 0.5) is 0 Å². The molecule has 0 aromatic heterocycles. The Morgan fingerprint density at radius 2 is 2.22 bits per heavy atom. The topological polar surface area (TPSA) is 108 Å². The number of carbonyl (C=O) groups excluding carboxylic acids is 1. The summed E-state index contributed by atoms with van der Waals surface area (Å²) >= 11 is 1.58. The summed E-state index contributed by atoms with van der Waals surface area (Å²) in [5, 5.41) is 25.6. The molecular weight excluding hydrogens is 319 g/mol. The molecule has 1 aromatic rings. The molecule has 2 aliphatic heterocycles. The average Bonchev–Trinajstić information content (AvgIpc) is 2.45. The van der Waals surface area contributed by atoms with Crippen LogP contribution in [0, 0.1) is 0 Å². The summed E-state index contributed by atoms with van der Waals surface area (Å²) < 4.78 is 5.34. The lowest BCUT2D eigenvalue weighted by atomic mass is 9.72. The summed E-state index contributed by atoms with van der Waals surface area (Å²) in [5.74, 6) is -1.35. The number of thioether (sulfide) groups is 1. The van der Waals surface area contributed by atoms with Crippen molar-refractivity contribution in [1.82, 2.24) is 10.6 Å². The molecular formula is C14H17BN2O5S. The van der Waals surface area contributed by atoms with Crippen LogP contribution in [0.5, 0.6) is 5.75 Å². The highest BCUT2D eigenvalue weighted by molar-refractivity contribution is 8.00. The minimum Gasteiger partial charge on any atom is -0.534 e. The summed E-state index contributed by atoms with van der Waals surface area (Å²) in [4.78, 5) is 23.2. The molecule has 0 bridgehead atoms. The molecule has 3 rings (SSSR count). The summed E-state index contributed by atoms with van der Waals surface area (Å²) in [5.41, 5.74) is 0.677. The molecule has 1 fully saturated rings. The van der Waals surface area contributed by atoms with Gasteiger partial charge in [0.05, 0.1) is 17.3 Å². The van der Waals surface area contributed by atoms with E-state index in [1.165, 1.54) is 6.07 Å². The zero-order chi connectivity index (χ0) is 16.4. The third-order valence-electron chi connectivity index (χ3n) is 3.89. The fourth-order valence-electron chi connectivity index (χ4n) is 2.54. The molecule has 0 radical (unpaired) electrons. The van der Waals surface area contributed by atoms with E-state index in [1.54, 1.807) is 23.9 Å². The van der Waals surface area contributed by atoms with Gasteiger partial charge in [0.15, 0.2) is 0 Å². The zero-order valence-corrected chi connectivity index (χ0v) is 13.1. The van der Waals surface area contributed by atoms with E-state index in [-0.39, 0.29) is 17.2 Å². The predicted molar refractivity (Wildman–Crippen MR) is 86.8 cm³/mol. The first-order valence-electron chi connectivity index (χ1n) is 7.36. The van der Waals surface area contributed by atoms with Crippen LogP contribution in [0.15, 0.2) is 18.2 Å². The average molecular weight is 336 g/mol. The summed E-state index contributed by atoms with van der Waals surface area (Å²) in [6.07, 6.45) is 0.332. The summed E-state index contributed by atoms with van der Waals surface area (Å²) in [6.45, 7) is 1.83. The van der Waals surface area contributed by atoms with E-state index >= 15 is 0 Å². The Balaban J connectivity index is 1.62. The molecule has 0 unspecified atom stereocenters. The van der Waals surface area contributed by atoms with E-state index in [9.17, 15) is 14.6 Å². The largest absolute Gasteiger partial charge is 0.547 e. The number of benzene rings is 1. The van der Waals surface area contributed by atoms with Gasteiger partial charge in [-0.3, -0.25) is 4.79 Å². The number of carboxylic acid groups (broad SMARTS) is 1. The van der Waals surface area contributed by atoms with E-state index < -0.39 is 19.0 Å². The van der Waals surface area contributed by atoms with Crippen molar-refractivity contribution < 1.29 is 24.4 Å². The zero-order valence-electron chi connectivity index (χ0n) is 12.3. The molecule has 0 spiro atoms. The molecule has 9 heteroatoms. The predicted octanol–water partition coefficient (Wildman–Crippen LogP) is -0.471. The normalized spacial score (nSPS) is 20.2. The van der Waals surface area contributed by atoms with Crippen LogP contribution in [0.1, 0.15) is 15.9 Å². The Bertz CT molecular complexity index is 625. The second kappa shape index (κ2) is 6.82. The van der Waals surface area contributed by atoms with Gasteiger partial charge in [-0.25, -0.2) is 4.79 Å². The monoisotopic (exact) mass is 336 g/mol. The summed E-state index contributed by atoms with van der Waals surface area (Å²) in [7, 11) is -1.26. The van der Waals surface area contributed by atoms with Crippen molar-refractivity contribution in [2.45, 2.75) is 17.6 Å². The van der Waals surface area contributed by atoms with Crippen LogP contribution < -0.4 is 15.3 Å². The van der Waals surface area contributed by atoms with Crippen molar-refractivity contribution in [2.24, 2.45) is 0 Å². The molecule has 2 heterocycles. The molecule has 2 aliphatic rings. The first-order chi connectivity index (χ1) is 11.0. The van der Waals surface area contributed by atoms with Gasteiger partial charge in [-0.05, 0) is 18.1 Å². The fraction of sp³-hybridized carbons (Fsp3) is 0.429. The highest BCUT2D eigenvalue weighted by Crippen LogP contribution is 2.30. The number of hydrogen-bond acceptors (Lipinski definition) is 6. The van der Waals surface area contributed by atoms with Gasteiger partial charge in [-0.1, -0.05) is 12.1 Å². The Hall–Kier alpha value is -1.71. The molecule has 0 aliphatic carbocycles. The van der Waals surface area contributed by atoms with Crippen molar-refractivity contribution in [2.75, 3.05) is 18.8 Å². The second-order valence-electron chi connectivity index (χ2n) is 5.58. The second-order valence-corrected chi connectivity index (χ2v) is 6.87. The van der Waals surface area contributed by atoms with E-state index in [1.807, 2.05) is 0 Å². The van der Waals surface area contributed by atoms with Gasteiger partial charge < -0.3 is 25.4 Å². The molecule has 1 saturated heterocycles. The number of fused-ring (bicyclic) bond motifs is 1. The van der Waals surface area contributed by atoms with Crippen LogP contribution in [0.2, 0.25) is 0 Å². The number of nitrogens with one attached hydrogen (secondary N) is 2. The van der Waals surface area contributed by atoms with Gasteiger partial charge in [0.25, 0.3) is 0 Å². The molecule has 1 aromatic carbocycles. The van der Waals surface area contributed by atoms with Gasteiger partial charge in [-0.2, -0.15) is 0 Å². The van der Waals surface area contributed by atoms with Crippen LogP contribution >= 0.6 is 11.8 Å². The third kappa shape index (κ3) is 3.62. The number of hydrogen-bond donors (Lipinski definition) is 4. The molecule has 23 heavy (non-hydrogen) atoms. The fourth-order valence-corrected chi connectivity index (χ4v) is 3.48. The summed E-state index contributed by atoms with van der Waals surface area (Å²) in [6, 6.07) is 4.79. The maximum Gasteiger partial charge on any atom is 0.547 e. The number of para-hydroxylation sites is 1. The van der Waals surface area contributed by atoms with Crippen molar-refractivity contribution >= 4 is 30.8 Å². The highest BCUT2D eigenvalue weighted by Gasteiger charge is 2.37. The first kappa shape index (κ1) is 16.2. The lowest BCUT2D eigenvalue weighted by Crippen LogP contribution is -2.54. The van der Waals surface area contributed by atoms with Gasteiger partial charge >= 0.3 is 13.1 Å². The van der Waals surface area contributed by atoms with Gasteiger partial charge in [-0.15, -0.1) is 11.8 Å². The van der Waals surface area contributed by atoms with Crippen molar-refractivity contribution in [1.29, 1.82) is 0 Å². The highest BCUT2D eigenvalue weighted by atomic mass is 32.2. The van der Waals surface area contributed by atoms with Gasteiger partial charge in [0, 0.05) is 18.3 Å². The van der Waals surface area contributed by atoms with Crippen molar-refractivity contribution in [3.8, 4) is 5.75 Å². The van der Waals surface area contributed by atoms with Crippen LogP contribution in [-0.2, 0) is 11.2 Å². The maximum atomic E-state index is 12.0. The number of rotatable bonds is 5. The first-order valence-corrected chi connectivity index (χ1v) is 8.41. The minimum absolute atomic E-state index is 0.0133. The van der Waals surface area contributed by atoms with Gasteiger partial charge in [0.1, 0.15) is 5.75 Å². The van der Waals surface area contributed by atoms with E-state index in [0.717, 1.165) is 13.1 Å². The standard InChI is InChI=1S/C14H17BN2O5S/c18-12(7-23-9-5-16-6-9)17-11-4-8-2-1-3-10(14(19)20)13(8)22-15(11)21/h1-3,9,11,16,21H,4-7H2,(H,17,18)(H,19,20)/t11-/m0/s1. The Labute approximate surface area is 137 Å². The van der Waals surface area contributed by atoms with E-state index in [2.05, 4.69) is 10.6 Å². The number of amides is 1. The van der Waals surface area contributed by atoms with E-state index in [4.69, 9.17) is 9.76 Å². The van der Waals surface area contributed by atoms with Crippen LogP contribution in [0.3, 0.4) is 0 Å². The van der Waals surface area contributed by atoms with Crippen LogP contribution in [-0.4, -0.2) is 59.2 Å². The SMILES string of the molecule is O=C(CSC1CNC1)N[C@H]1Cc2cccc(C(=O)O)c2OB1O. The lowest BCUT2D eigenvalue weighted by molar-refractivity contribution is -0.119. The van der Waals surface area contributed by atoms with Crippen LogP contribution in [0.25, 0.3) is 0 Å². The maximum absolute atomic E-state index is 12.0. The lowest BCUT2D eigenvalue weighted by Gasteiger charge is -2.29. The number of carboxylic acids is 1. The molecule has 122 valence electrons. The van der Waals surface area contributed by atoms with Crippen molar-refractivity contribution in [3.63, 3.8) is 0 Å². The number of aromatic carboxylic acids is 1. The molecule has 4 N–H and O–H groups in total. The minimum atomic E-state index is -1.26. The molecule has 1 amide bonds.